The van der Waals surface area contributed by atoms with E-state index in [1.807, 2.05) is 0 Å². The molecule has 0 heterocycles. The maximum atomic E-state index is 13.0. The minimum absolute atomic E-state index is 0.0152. The van der Waals surface area contributed by atoms with Crippen LogP contribution in [-0.2, 0) is 9.53 Å². The Hall–Kier alpha value is -2.09. The highest BCUT2D eigenvalue weighted by Crippen LogP contribution is 2.16. The van der Waals surface area contributed by atoms with Gasteiger partial charge in [-0.3, -0.25) is 4.79 Å². The van der Waals surface area contributed by atoms with Gasteiger partial charge >= 0.3 is 5.97 Å². The highest BCUT2D eigenvalue weighted by atomic mass is 19.1. The summed E-state index contributed by atoms with van der Waals surface area (Å²) in [5.74, 6) is 2.65. The third-order valence-corrected chi connectivity index (χ3v) is 1.78. The van der Waals surface area contributed by atoms with Crippen molar-refractivity contribution in [3.05, 3.63) is 29.3 Å². The van der Waals surface area contributed by atoms with Crippen LogP contribution < -0.4 is 5.73 Å². The average Bonchev–Trinajstić information content (AvgIpc) is 2.24. The number of anilines is 1. The Bertz CT molecular complexity index is 475. The van der Waals surface area contributed by atoms with Crippen LogP contribution in [0.5, 0.6) is 0 Å². The van der Waals surface area contributed by atoms with Gasteiger partial charge in [-0.2, -0.15) is 0 Å². The Balaban J connectivity index is 2.92. The molecule has 0 aliphatic carbocycles. The van der Waals surface area contributed by atoms with Crippen molar-refractivity contribution < 1.29 is 18.3 Å². The summed E-state index contributed by atoms with van der Waals surface area (Å²) in [5.41, 5.74) is 5.12. The summed E-state index contributed by atoms with van der Waals surface area (Å²) in [6.07, 6.45) is -0.159. The van der Waals surface area contributed by atoms with Gasteiger partial charge in [0.15, 0.2) is 0 Å². The predicted octanol–water partition coefficient (Wildman–Crippen LogP) is 1.46. The quantitative estimate of drug-likeness (QED) is 0.447. The van der Waals surface area contributed by atoms with E-state index in [0.717, 1.165) is 6.07 Å². The number of benzene rings is 1. The van der Waals surface area contributed by atoms with Crippen molar-refractivity contribution in [2.45, 2.75) is 6.42 Å². The van der Waals surface area contributed by atoms with Gasteiger partial charge in [0.1, 0.15) is 18.1 Å². The van der Waals surface area contributed by atoms with Crippen LogP contribution in [0, 0.1) is 23.5 Å². The maximum Gasteiger partial charge on any atom is 0.317 e. The van der Waals surface area contributed by atoms with Gasteiger partial charge in [-0.1, -0.05) is 11.8 Å². The zero-order chi connectivity index (χ0) is 12.1. The maximum absolute atomic E-state index is 13.0. The number of nitrogen functional groups attached to an aromatic ring is 1. The molecular formula is C11H9F2NO2. The number of esters is 1. The third kappa shape index (κ3) is 2.95. The molecule has 0 atom stereocenters. The van der Waals surface area contributed by atoms with E-state index in [1.165, 1.54) is 7.11 Å². The Morgan fingerprint density at radius 2 is 2.19 bits per heavy atom. The second kappa shape index (κ2) is 5.12. The second-order valence-corrected chi connectivity index (χ2v) is 2.90. The van der Waals surface area contributed by atoms with Crippen LogP contribution in [0.15, 0.2) is 12.1 Å². The number of carbonyl (C=O) groups is 1. The van der Waals surface area contributed by atoms with Crippen LogP contribution in [0.4, 0.5) is 14.5 Å². The Morgan fingerprint density at radius 1 is 1.50 bits per heavy atom. The average molecular weight is 225 g/mol. The fraction of sp³-hybridized carbons (Fsp3) is 0.182. The van der Waals surface area contributed by atoms with Crippen molar-refractivity contribution >= 4 is 11.7 Å². The molecule has 84 valence electrons. The molecule has 0 saturated heterocycles. The number of hydrogen-bond acceptors (Lipinski definition) is 3. The van der Waals surface area contributed by atoms with E-state index >= 15 is 0 Å². The molecule has 0 bridgehead atoms. The third-order valence-electron chi connectivity index (χ3n) is 1.78. The van der Waals surface area contributed by atoms with Crippen LogP contribution in [-0.4, -0.2) is 13.1 Å². The normalized spacial score (nSPS) is 9.19. The molecule has 0 spiro atoms. The Kier molecular flexibility index (Phi) is 3.84. The molecule has 0 radical (unpaired) electrons. The number of carbonyl (C=O) groups excluding carboxylic acids is 1. The molecule has 5 heteroatoms. The van der Waals surface area contributed by atoms with Gasteiger partial charge in [0.2, 0.25) is 0 Å². The first-order valence-electron chi connectivity index (χ1n) is 4.34. The first kappa shape index (κ1) is 12.0. The molecule has 16 heavy (non-hydrogen) atoms. The number of ether oxygens (including phenoxy) is 1. The second-order valence-electron chi connectivity index (χ2n) is 2.90. The Labute approximate surface area is 91.2 Å². The molecule has 0 aliphatic rings. The standard InChI is InChI=1S/C11H9F2NO2/c1-16-10(15)4-2-3-7-5-8(12)6-9(13)11(7)14/h5-6H,4,14H2,1H3. The zero-order valence-electron chi connectivity index (χ0n) is 8.51. The van der Waals surface area contributed by atoms with Crippen LogP contribution in [0.25, 0.3) is 0 Å². The van der Waals surface area contributed by atoms with Gasteiger partial charge in [-0.05, 0) is 6.07 Å². The number of methoxy groups -OCH3 is 1. The summed E-state index contributed by atoms with van der Waals surface area (Å²) < 4.78 is 30.1. The monoisotopic (exact) mass is 225 g/mol. The minimum atomic E-state index is -0.873. The SMILES string of the molecule is COC(=O)CC#Cc1cc(F)cc(F)c1N. The highest BCUT2D eigenvalue weighted by molar-refractivity contribution is 5.72. The van der Waals surface area contributed by atoms with E-state index in [9.17, 15) is 13.6 Å². The van der Waals surface area contributed by atoms with E-state index in [4.69, 9.17) is 5.73 Å². The van der Waals surface area contributed by atoms with E-state index < -0.39 is 17.6 Å². The van der Waals surface area contributed by atoms with E-state index in [2.05, 4.69) is 16.6 Å². The van der Waals surface area contributed by atoms with Crippen LogP contribution in [0.2, 0.25) is 0 Å². The van der Waals surface area contributed by atoms with Crippen LogP contribution >= 0.6 is 0 Å². The lowest BCUT2D eigenvalue weighted by Crippen LogP contribution is -1.98. The van der Waals surface area contributed by atoms with E-state index in [-0.39, 0.29) is 17.7 Å². The van der Waals surface area contributed by atoms with Crippen molar-refractivity contribution in [1.29, 1.82) is 0 Å². The zero-order valence-corrected chi connectivity index (χ0v) is 8.51. The van der Waals surface area contributed by atoms with Crippen molar-refractivity contribution in [2.24, 2.45) is 0 Å². The molecule has 0 fully saturated rings. The molecule has 2 N–H and O–H groups in total. The summed E-state index contributed by atoms with van der Waals surface area (Å²) in [5, 5.41) is 0. The number of nitrogens with two attached hydrogens (primary N) is 1. The highest BCUT2D eigenvalue weighted by Gasteiger charge is 2.05. The first-order valence-corrected chi connectivity index (χ1v) is 4.34. The molecule has 0 amide bonds. The van der Waals surface area contributed by atoms with Gasteiger partial charge in [-0.15, -0.1) is 0 Å². The summed E-state index contributed by atoms with van der Waals surface area (Å²) in [7, 11) is 1.22. The molecular weight excluding hydrogens is 216 g/mol. The summed E-state index contributed by atoms with van der Waals surface area (Å²) in [6.45, 7) is 0. The topological polar surface area (TPSA) is 52.3 Å². The van der Waals surface area contributed by atoms with Crippen molar-refractivity contribution in [1.82, 2.24) is 0 Å². The Morgan fingerprint density at radius 3 is 2.81 bits per heavy atom. The lowest BCUT2D eigenvalue weighted by atomic mass is 10.1. The van der Waals surface area contributed by atoms with Crippen LogP contribution in [0.1, 0.15) is 12.0 Å². The smallest absolute Gasteiger partial charge is 0.317 e. The molecule has 1 aromatic rings. The van der Waals surface area contributed by atoms with Gasteiger partial charge in [0, 0.05) is 6.07 Å². The number of halogens is 2. The molecule has 0 aromatic heterocycles. The molecule has 1 aromatic carbocycles. The van der Waals surface area contributed by atoms with Crippen molar-refractivity contribution in [3.63, 3.8) is 0 Å². The van der Waals surface area contributed by atoms with Gasteiger partial charge in [0.05, 0.1) is 18.4 Å². The molecule has 0 unspecified atom stereocenters. The summed E-state index contributed by atoms with van der Waals surface area (Å²) >= 11 is 0. The first-order chi connectivity index (χ1) is 7.54. The number of hydrogen-bond donors (Lipinski definition) is 1. The number of rotatable bonds is 1. The predicted molar refractivity (Wildman–Crippen MR) is 54.3 cm³/mol. The largest absolute Gasteiger partial charge is 0.468 e. The molecule has 0 aliphatic heterocycles. The van der Waals surface area contributed by atoms with Gasteiger partial charge < -0.3 is 10.5 Å². The fourth-order valence-corrected chi connectivity index (χ4v) is 0.972. The molecule has 0 saturated carbocycles. The molecule has 1 rings (SSSR count). The van der Waals surface area contributed by atoms with Crippen molar-refractivity contribution in [3.8, 4) is 11.8 Å². The lowest BCUT2D eigenvalue weighted by Gasteiger charge is -1.99. The fourth-order valence-electron chi connectivity index (χ4n) is 0.972. The summed E-state index contributed by atoms with van der Waals surface area (Å²) in [6, 6.07) is 1.67. The van der Waals surface area contributed by atoms with E-state index in [1.54, 1.807) is 0 Å². The minimum Gasteiger partial charge on any atom is -0.468 e. The van der Waals surface area contributed by atoms with E-state index in [0.29, 0.717) is 6.07 Å². The van der Waals surface area contributed by atoms with Gasteiger partial charge in [-0.25, -0.2) is 8.78 Å². The van der Waals surface area contributed by atoms with Crippen LogP contribution in [0.3, 0.4) is 0 Å². The summed E-state index contributed by atoms with van der Waals surface area (Å²) in [4.78, 5) is 10.7. The van der Waals surface area contributed by atoms with Gasteiger partial charge in [0.25, 0.3) is 0 Å². The van der Waals surface area contributed by atoms with Crippen molar-refractivity contribution in [2.75, 3.05) is 12.8 Å². The molecule has 3 nitrogen and oxygen atoms in total. The lowest BCUT2D eigenvalue weighted by molar-refractivity contribution is -0.139.